The fraction of sp³-hybridized carbons (Fsp3) is 0.455. The standard InChI is InChI=1S/C11H15ClFNS/c1-2-3-4-5-15-11-7-9(13)8(12)6-10(11)14/h6-7H,2-5,14H2,1H3. The van der Waals surface area contributed by atoms with Gasteiger partial charge in [0.05, 0.1) is 5.02 Å². The first-order valence-electron chi connectivity index (χ1n) is 5.02. The average Bonchev–Trinajstić information content (AvgIpc) is 2.20. The van der Waals surface area contributed by atoms with Gasteiger partial charge in [0.2, 0.25) is 0 Å². The number of thioether (sulfide) groups is 1. The van der Waals surface area contributed by atoms with Crippen molar-refractivity contribution in [1.82, 2.24) is 0 Å². The van der Waals surface area contributed by atoms with Gasteiger partial charge in [-0.1, -0.05) is 31.4 Å². The smallest absolute Gasteiger partial charge is 0.143 e. The second kappa shape index (κ2) is 6.23. The normalized spacial score (nSPS) is 10.6. The minimum atomic E-state index is -0.399. The van der Waals surface area contributed by atoms with Crippen molar-refractivity contribution in [2.24, 2.45) is 0 Å². The van der Waals surface area contributed by atoms with Gasteiger partial charge in [0, 0.05) is 10.6 Å². The molecule has 0 aliphatic carbocycles. The van der Waals surface area contributed by atoms with Gasteiger partial charge in [0.15, 0.2) is 0 Å². The van der Waals surface area contributed by atoms with Crippen LogP contribution in [0.4, 0.5) is 10.1 Å². The summed E-state index contributed by atoms with van der Waals surface area (Å²) >= 11 is 7.19. The van der Waals surface area contributed by atoms with Crippen molar-refractivity contribution in [3.63, 3.8) is 0 Å². The number of hydrogen-bond acceptors (Lipinski definition) is 2. The van der Waals surface area contributed by atoms with Crippen LogP contribution in [0.15, 0.2) is 17.0 Å². The Morgan fingerprint density at radius 3 is 2.80 bits per heavy atom. The van der Waals surface area contributed by atoms with E-state index in [4.69, 9.17) is 17.3 Å². The molecular weight excluding hydrogens is 233 g/mol. The van der Waals surface area contributed by atoms with E-state index in [-0.39, 0.29) is 5.02 Å². The maximum atomic E-state index is 13.1. The molecule has 0 spiro atoms. The van der Waals surface area contributed by atoms with Crippen LogP contribution < -0.4 is 5.73 Å². The first-order valence-corrected chi connectivity index (χ1v) is 6.38. The van der Waals surface area contributed by atoms with Gasteiger partial charge in [-0.05, 0) is 24.3 Å². The van der Waals surface area contributed by atoms with Crippen molar-refractivity contribution >= 4 is 29.1 Å². The highest BCUT2D eigenvalue weighted by Gasteiger charge is 2.06. The molecule has 1 rings (SSSR count). The van der Waals surface area contributed by atoms with E-state index < -0.39 is 5.82 Å². The molecule has 4 heteroatoms. The highest BCUT2D eigenvalue weighted by atomic mass is 35.5. The SMILES string of the molecule is CCCCCSc1cc(F)c(Cl)cc1N. The fourth-order valence-electron chi connectivity index (χ4n) is 1.20. The molecule has 84 valence electrons. The summed E-state index contributed by atoms with van der Waals surface area (Å²) < 4.78 is 13.1. The summed E-state index contributed by atoms with van der Waals surface area (Å²) in [6, 6.07) is 2.88. The third-order valence-electron chi connectivity index (χ3n) is 2.06. The minimum Gasteiger partial charge on any atom is -0.398 e. The first kappa shape index (κ1) is 12.7. The van der Waals surface area contributed by atoms with Crippen molar-refractivity contribution in [2.75, 3.05) is 11.5 Å². The van der Waals surface area contributed by atoms with Gasteiger partial charge in [-0.3, -0.25) is 0 Å². The van der Waals surface area contributed by atoms with Gasteiger partial charge >= 0.3 is 0 Å². The van der Waals surface area contributed by atoms with Crippen LogP contribution >= 0.6 is 23.4 Å². The summed E-state index contributed by atoms with van der Waals surface area (Å²) in [5.41, 5.74) is 6.29. The molecule has 0 bridgehead atoms. The number of nitrogens with two attached hydrogens (primary N) is 1. The third-order valence-corrected chi connectivity index (χ3v) is 3.51. The molecule has 0 saturated heterocycles. The zero-order chi connectivity index (χ0) is 11.3. The van der Waals surface area contributed by atoms with Crippen LogP contribution in [-0.2, 0) is 0 Å². The Kier molecular flexibility index (Phi) is 5.26. The summed E-state index contributed by atoms with van der Waals surface area (Å²) in [4.78, 5) is 0.785. The van der Waals surface area contributed by atoms with Crippen molar-refractivity contribution < 1.29 is 4.39 Å². The van der Waals surface area contributed by atoms with Crippen molar-refractivity contribution in [3.05, 3.63) is 23.0 Å². The molecule has 1 aromatic carbocycles. The maximum absolute atomic E-state index is 13.1. The molecule has 0 aliphatic rings. The molecule has 0 aromatic heterocycles. The van der Waals surface area contributed by atoms with Crippen LogP contribution in [0.1, 0.15) is 26.2 Å². The molecule has 15 heavy (non-hydrogen) atoms. The van der Waals surface area contributed by atoms with Crippen LogP contribution in [0.2, 0.25) is 5.02 Å². The number of hydrogen-bond donors (Lipinski definition) is 1. The van der Waals surface area contributed by atoms with Crippen molar-refractivity contribution in [3.8, 4) is 0 Å². The van der Waals surface area contributed by atoms with E-state index in [2.05, 4.69) is 6.92 Å². The predicted octanol–water partition coefficient (Wildman–Crippen LogP) is 4.34. The molecule has 0 atom stereocenters. The van der Waals surface area contributed by atoms with Crippen molar-refractivity contribution in [2.45, 2.75) is 31.1 Å². The van der Waals surface area contributed by atoms with E-state index in [1.165, 1.54) is 25.0 Å². The second-order valence-corrected chi connectivity index (χ2v) is 4.90. The van der Waals surface area contributed by atoms with Gasteiger partial charge in [-0.15, -0.1) is 11.8 Å². The number of unbranched alkanes of at least 4 members (excludes halogenated alkanes) is 2. The summed E-state index contributed by atoms with van der Waals surface area (Å²) in [6.07, 6.45) is 3.51. The zero-order valence-electron chi connectivity index (χ0n) is 8.72. The highest BCUT2D eigenvalue weighted by molar-refractivity contribution is 7.99. The number of rotatable bonds is 5. The van der Waals surface area contributed by atoms with Gasteiger partial charge in [-0.25, -0.2) is 4.39 Å². The average molecular weight is 248 g/mol. The largest absolute Gasteiger partial charge is 0.398 e. The zero-order valence-corrected chi connectivity index (χ0v) is 10.3. The predicted molar refractivity (Wildman–Crippen MR) is 66.1 cm³/mol. The highest BCUT2D eigenvalue weighted by Crippen LogP contribution is 2.30. The van der Waals surface area contributed by atoms with Gasteiger partial charge < -0.3 is 5.73 Å². The van der Waals surface area contributed by atoms with Gasteiger partial charge in [0.25, 0.3) is 0 Å². The molecule has 0 saturated carbocycles. The van der Waals surface area contributed by atoms with Gasteiger partial charge in [-0.2, -0.15) is 0 Å². The van der Waals surface area contributed by atoms with E-state index in [1.807, 2.05) is 0 Å². The molecule has 2 N–H and O–H groups in total. The van der Waals surface area contributed by atoms with Crippen LogP contribution in [0.25, 0.3) is 0 Å². The molecule has 0 fully saturated rings. The fourth-order valence-corrected chi connectivity index (χ4v) is 2.36. The molecule has 0 unspecified atom stereocenters. The topological polar surface area (TPSA) is 26.0 Å². The first-order chi connectivity index (χ1) is 7.15. The molecular formula is C11H15ClFNS. The van der Waals surface area contributed by atoms with E-state index >= 15 is 0 Å². The Hall–Kier alpha value is -0.410. The Labute approximate surface area is 99.2 Å². The number of benzene rings is 1. The number of anilines is 1. The molecule has 1 aromatic rings. The Bertz CT molecular complexity index is 331. The molecule has 0 aliphatic heterocycles. The quantitative estimate of drug-likeness (QED) is 0.476. The lowest BCUT2D eigenvalue weighted by Gasteiger charge is -2.06. The maximum Gasteiger partial charge on any atom is 0.143 e. The van der Waals surface area contributed by atoms with Crippen LogP contribution in [-0.4, -0.2) is 5.75 Å². The summed E-state index contributed by atoms with van der Waals surface area (Å²) in [5, 5.41) is 0.0883. The number of halogens is 2. The van der Waals surface area contributed by atoms with E-state index in [0.717, 1.165) is 17.1 Å². The van der Waals surface area contributed by atoms with Crippen LogP contribution in [0.3, 0.4) is 0 Å². The Morgan fingerprint density at radius 1 is 1.40 bits per heavy atom. The van der Waals surface area contributed by atoms with Crippen LogP contribution in [0, 0.1) is 5.82 Å². The van der Waals surface area contributed by atoms with Crippen molar-refractivity contribution in [1.29, 1.82) is 0 Å². The van der Waals surface area contributed by atoms with E-state index in [9.17, 15) is 4.39 Å². The molecule has 0 amide bonds. The van der Waals surface area contributed by atoms with E-state index in [0.29, 0.717) is 5.69 Å². The molecule has 1 nitrogen and oxygen atoms in total. The minimum absolute atomic E-state index is 0.0883. The third kappa shape index (κ3) is 3.92. The Morgan fingerprint density at radius 2 is 2.13 bits per heavy atom. The molecule has 0 heterocycles. The number of nitrogen functional groups attached to an aromatic ring is 1. The lowest BCUT2D eigenvalue weighted by atomic mass is 10.3. The molecule has 0 radical (unpaired) electrons. The Balaban J connectivity index is 2.57. The monoisotopic (exact) mass is 247 g/mol. The van der Waals surface area contributed by atoms with Gasteiger partial charge in [0.1, 0.15) is 5.82 Å². The van der Waals surface area contributed by atoms with E-state index in [1.54, 1.807) is 11.8 Å². The van der Waals surface area contributed by atoms with Crippen LogP contribution in [0.5, 0.6) is 0 Å². The summed E-state index contributed by atoms with van der Waals surface area (Å²) in [6.45, 7) is 2.15. The second-order valence-electron chi connectivity index (χ2n) is 3.36. The summed E-state index contributed by atoms with van der Waals surface area (Å²) in [7, 11) is 0. The summed E-state index contributed by atoms with van der Waals surface area (Å²) in [5.74, 6) is 0.572. The lowest BCUT2D eigenvalue weighted by molar-refractivity contribution is 0.625. The lowest BCUT2D eigenvalue weighted by Crippen LogP contribution is -1.92.